The van der Waals surface area contributed by atoms with Crippen LogP contribution in [0, 0.1) is 5.82 Å². The van der Waals surface area contributed by atoms with Crippen LogP contribution in [0.2, 0.25) is 0 Å². The number of aromatic nitrogens is 2. The molecule has 3 rings (SSSR count). The zero-order valence-electron chi connectivity index (χ0n) is 14.5. The van der Waals surface area contributed by atoms with E-state index in [9.17, 15) is 22.4 Å². The molecule has 1 aromatic heterocycles. The number of alkyl halides is 3. The lowest BCUT2D eigenvalue weighted by Gasteiger charge is -2.21. The van der Waals surface area contributed by atoms with Crippen LogP contribution in [0.5, 0.6) is 0 Å². The highest BCUT2D eigenvalue weighted by Crippen LogP contribution is 2.29. The van der Waals surface area contributed by atoms with E-state index in [0.29, 0.717) is 6.54 Å². The molecule has 2 aromatic rings. The summed E-state index contributed by atoms with van der Waals surface area (Å²) in [7, 11) is 0. The van der Waals surface area contributed by atoms with Gasteiger partial charge in [-0.15, -0.1) is 0 Å². The molecule has 1 amide bonds. The third-order valence-corrected chi connectivity index (χ3v) is 4.25. The van der Waals surface area contributed by atoms with Crippen LogP contribution in [-0.4, -0.2) is 46.6 Å². The largest absolute Gasteiger partial charge is 0.471 e. The van der Waals surface area contributed by atoms with Crippen molar-refractivity contribution in [1.82, 2.24) is 20.4 Å². The summed E-state index contributed by atoms with van der Waals surface area (Å²) < 4.78 is 55.9. The van der Waals surface area contributed by atoms with E-state index in [-0.39, 0.29) is 17.2 Å². The van der Waals surface area contributed by atoms with Gasteiger partial charge in [0.15, 0.2) is 0 Å². The number of nitrogens with one attached hydrogen (secondary N) is 1. The fourth-order valence-corrected chi connectivity index (χ4v) is 2.99. The fraction of sp³-hybridized carbons (Fsp3) is 0.471. The Morgan fingerprint density at radius 2 is 2.04 bits per heavy atom. The summed E-state index contributed by atoms with van der Waals surface area (Å²) >= 11 is 0. The molecule has 0 spiro atoms. The first-order valence-electron chi connectivity index (χ1n) is 8.48. The first kappa shape index (κ1) is 19.3. The zero-order chi connectivity index (χ0) is 19.6. The van der Waals surface area contributed by atoms with Gasteiger partial charge < -0.3 is 14.7 Å². The van der Waals surface area contributed by atoms with Crippen LogP contribution in [0.1, 0.15) is 36.0 Å². The highest BCUT2D eigenvalue weighted by atomic mass is 19.4. The highest BCUT2D eigenvalue weighted by molar-refractivity contribution is 5.95. The Morgan fingerprint density at radius 3 is 2.63 bits per heavy atom. The van der Waals surface area contributed by atoms with E-state index >= 15 is 0 Å². The quantitative estimate of drug-likeness (QED) is 0.800. The maximum absolute atomic E-state index is 14.3. The molecule has 1 aliphatic heterocycles. The molecular formula is C17H18F4N4O2. The molecule has 0 unspecified atom stereocenters. The van der Waals surface area contributed by atoms with Crippen molar-refractivity contribution in [2.45, 2.75) is 32.0 Å². The van der Waals surface area contributed by atoms with Gasteiger partial charge in [0.1, 0.15) is 5.82 Å². The molecule has 1 aliphatic rings. The van der Waals surface area contributed by atoms with E-state index < -0.39 is 29.6 Å². The number of hydrogen-bond donors (Lipinski definition) is 1. The molecule has 0 radical (unpaired) electrons. The van der Waals surface area contributed by atoms with Crippen molar-refractivity contribution in [2.75, 3.05) is 19.6 Å². The smallest absolute Gasteiger partial charge is 0.348 e. The summed E-state index contributed by atoms with van der Waals surface area (Å²) in [4.78, 5) is 17.7. The summed E-state index contributed by atoms with van der Waals surface area (Å²) in [5, 5.41) is 5.92. The Labute approximate surface area is 152 Å². The van der Waals surface area contributed by atoms with Crippen molar-refractivity contribution in [2.24, 2.45) is 0 Å². The molecule has 146 valence electrons. The Hall–Kier alpha value is -2.49. The van der Waals surface area contributed by atoms with Gasteiger partial charge >= 0.3 is 12.1 Å². The third kappa shape index (κ3) is 4.62. The molecule has 6 nitrogen and oxygen atoms in total. The molecule has 10 heteroatoms. The van der Waals surface area contributed by atoms with Crippen LogP contribution < -0.4 is 5.32 Å². The molecule has 1 N–H and O–H groups in total. The van der Waals surface area contributed by atoms with Crippen molar-refractivity contribution >= 4 is 5.91 Å². The van der Waals surface area contributed by atoms with Gasteiger partial charge in [0.05, 0.1) is 5.56 Å². The average molecular weight is 386 g/mol. The maximum atomic E-state index is 14.3. The molecular weight excluding hydrogens is 368 g/mol. The van der Waals surface area contributed by atoms with Gasteiger partial charge in [-0.25, -0.2) is 4.39 Å². The monoisotopic (exact) mass is 386 g/mol. The number of carbonyl (C=O) groups is 1. The van der Waals surface area contributed by atoms with Gasteiger partial charge in [0.25, 0.3) is 5.91 Å². The number of benzene rings is 1. The van der Waals surface area contributed by atoms with E-state index in [2.05, 4.69) is 24.9 Å². The number of rotatable bonds is 5. The molecule has 0 saturated carbocycles. The average Bonchev–Trinajstić information content (AvgIpc) is 3.25. The van der Waals surface area contributed by atoms with Crippen LogP contribution >= 0.6 is 0 Å². The standard InChI is InChI=1S/C17H18F4N4O2/c1-10(9-25-6-2-3-7-25)22-15(26)12-5-4-11(8-13(12)18)14-23-16(27-24-14)17(19,20)21/h4-5,8,10H,2-3,6-7,9H2,1H3,(H,22,26)/t10-/m1/s1. The number of amides is 1. The van der Waals surface area contributed by atoms with Crippen molar-refractivity contribution in [3.05, 3.63) is 35.5 Å². The van der Waals surface area contributed by atoms with Gasteiger partial charge in [-0.3, -0.25) is 4.79 Å². The molecule has 1 aromatic carbocycles. The first-order valence-corrected chi connectivity index (χ1v) is 8.48. The number of carbonyl (C=O) groups excluding carboxylic acids is 1. The second-order valence-corrected chi connectivity index (χ2v) is 6.50. The van der Waals surface area contributed by atoms with Gasteiger partial charge in [-0.2, -0.15) is 18.2 Å². The Morgan fingerprint density at radius 1 is 1.33 bits per heavy atom. The Balaban J connectivity index is 1.68. The lowest BCUT2D eigenvalue weighted by Crippen LogP contribution is -2.41. The number of likely N-dealkylation sites (tertiary alicyclic amines) is 1. The van der Waals surface area contributed by atoms with Crippen LogP contribution in [0.4, 0.5) is 17.6 Å². The van der Waals surface area contributed by atoms with E-state index in [1.165, 1.54) is 12.1 Å². The Bertz CT molecular complexity index is 816. The van der Waals surface area contributed by atoms with E-state index in [4.69, 9.17) is 0 Å². The lowest BCUT2D eigenvalue weighted by molar-refractivity contribution is -0.159. The summed E-state index contributed by atoms with van der Waals surface area (Å²) in [5.41, 5.74) is -0.222. The molecule has 1 saturated heterocycles. The van der Waals surface area contributed by atoms with Crippen LogP contribution in [0.15, 0.2) is 22.7 Å². The van der Waals surface area contributed by atoms with E-state index in [0.717, 1.165) is 32.0 Å². The van der Waals surface area contributed by atoms with E-state index in [1.54, 1.807) is 0 Å². The van der Waals surface area contributed by atoms with Gasteiger partial charge in [-0.05, 0) is 45.0 Å². The normalized spacial score (nSPS) is 16.5. The van der Waals surface area contributed by atoms with Crippen LogP contribution in [-0.2, 0) is 6.18 Å². The second kappa shape index (κ2) is 7.63. The predicted octanol–water partition coefficient (Wildman–Crippen LogP) is 3.11. The topological polar surface area (TPSA) is 71.3 Å². The first-order chi connectivity index (χ1) is 12.7. The Kier molecular flexibility index (Phi) is 5.45. The summed E-state index contributed by atoms with van der Waals surface area (Å²) in [5.74, 6) is -3.39. The van der Waals surface area contributed by atoms with Crippen molar-refractivity contribution in [1.29, 1.82) is 0 Å². The van der Waals surface area contributed by atoms with Crippen molar-refractivity contribution < 1.29 is 26.9 Å². The van der Waals surface area contributed by atoms with Crippen molar-refractivity contribution in [3.8, 4) is 11.4 Å². The second-order valence-electron chi connectivity index (χ2n) is 6.50. The fourth-order valence-electron chi connectivity index (χ4n) is 2.99. The van der Waals surface area contributed by atoms with E-state index in [1.807, 2.05) is 6.92 Å². The van der Waals surface area contributed by atoms with Crippen LogP contribution in [0.3, 0.4) is 0 Å². The summed E-state index contributed by atoms with van der Waals surface area (Å²) in [6.07, 6.45) is -2.53. The highest BCUT2D eigenvalue weighted by Gasteiger charge is 2.38. The van der Waals surface area contributed by atoms with Crippen LogP contribution in [0.25, 0.3) is 11.4 Å². The summed E-state index contributed by atoms with van der Waals surface area (Å²) in [6.45, 7) is 4.47. The minimum Gasteiger partial charge on any atom is -0.348 e. The van der Waals surface area contributed by atoms with Crippen molar-refractivity contribution in [3.63, 3.8) is 0 Å². The molecule has 27 heavy (non-hydrogen) atoms. The van der Waals surface area contributed by atoms with Gasteiger partial charge in [-0.1, -0.05) is 11.2 Å². The van der Waals surface area contributed by atoms with Gasteiger partial charge in [0.2, 0.25) is 5.82 Å². The molecule has 2 heterocycles. The minimum absolute atomic E-state index is 0.0200. The lowest BCUT2D eigenvalue weighted by atomic mass is 10.1. The third-order valence-electron chi connectivity index (χ3n) is 4.25. The van der Waals surface area contributed by atoms with Gasteiger partial charge in [0, 0.05) is 18.2 Å². The molecule has 0 bridgehead atoms. The molecule has 0 aliphatic carbocycles. The minimum atomic E-state index is -4.78. The molecule has 1 fully saturated rings. The maximum Gasteiger partial charge on any atom is 0.471 e. The molecule has 1 atom stereocenters. The predicted molar refractivity (Wildman–Crippen MR) is 87.3 cm³/mol. The number of halogens is 4. The summed E-state index contributed by atoms with van der Waals surface area (Å²) in [6, 6.07) is 3.20. The zero-order valence-corrected chi connectivity index (χ0v) is 14.5. The number of hydrogen-bond acceptors (Lipinski definition) is 5. The number of nitrogens with zero attached hydrogens (tertiary/aromatic N) is 3. The SMILES string of the molecule is C[C@H](CN1CCCC1)NC(=O)c1ccc(-c2noc(C(F)(F)F)n2)cc1F.